The average Bonchev–Trinajstić information content (AvgIpc) is 2.97. The maximum absolute atomic E-state index is 12.4. The van der Waals surface area contributed by atoms with E-state index in [-0.39, 0.29) is 11.8 Å². The van der Waals surface area contributed by atoms with Gasteiger partial charge in [-0.3, -0.25) is 4.79 Å². The van der Waals surface area contributed by atoms with Crippen molar-refractivity contribution in [1.82, 2.24) is 19.9 Å². The monoisotopic (exact) mass is 328 g/mol. The van der Waals surface area contributed by atoms with Gasteiger partial charge in [-0.25, -0.2) is 4.98 Å². The molecule has 0 aliphatic carbocycles. The molecule has 0 radical (unpaired) electrons. The van der Waals surface area contributed by atoms with E-state index >= 15 is 0 Å². The van der Waals surface area contributed by atoms with Crippen LogP contribution >= 0.6 is 11.8 Å². The second kappa shape index (κ2) is 6.29. The van der Waals surface area contributed by atoms with Crippen molar-refractivity contribution < 1.29 is 9.90 Å². The van der Waals surface area contributed by atoms with E-state index < -0.39 is 0 Å². The Bertz CT molecular complexity index is 876. The lowest BCUT2D eigenvalue weighted by Crippen LogP contribution is -2.23. The molecule has 3 rings (SSSR count). The molecule has 6 nitrogen and oxygen atoms in total. The normalized spacial score (nSPS) is 10.9. The van der Waals surface area contributed by atoms with Gasteiger partial charge in [0, 0.05) is 23.2 Å². The second-order valence-corrected chi connectivity index (χ2v) is 5.89. The number of hydrogen-bond donors (Lipinski definition) is 2. The topological polar surface area (TPSA) is 79.5 Å². The molecular formula is C16H16N4O2S. The smallest absolute Gasteiger partial charge is 0.257 e. The van der Waals surface area contributed by atoms with Crippen LogP contribution in [0.5, 0.6) is 5.88 Å². The van der Waals surface area contributed by atoms with Crippen molar-refractivity contribution >= 4 is 23.3 Å². The number of fused-ring (bicyclic) bond motifs is 1. The first-order valence-electron chi connectivity index (χ1n) is 7.04. The van der Waals surface area contributed by atoms with Crippen LogP contribution in [0.2, 0.25) is 0 Å². The number of nitrogens with zero attached hydrogens (tertiary/aromatic N) is 3. The third kappa shape index (κ3) is 3.00. The fourth-order valence-corrected chi connectivity index (χ4v) is 2.96. The number of aromatic nitrogens is 3. The summed E-state index contributed by atoms with van der Waals surface area (Å²) in [7, 11) is 0. The van der Waals surface area contributed by atoms with Gasteiger partial charge in [0.2, 0.25) is 5.88 Å². The number of rotatable bonds is 4. The van der Waals surface area contributed by atoms with Gasteiger partial charge in [0.1, 0.15) is 5.56 Å². The highest BCUT2D eigenvalue weighted by Gasteiger charge is 2.16. The molecule has 0 bridgehead atoms. The molecule has 2 aromatic heterocycles. The zero-order valence-corrected chi connectivity index (χ0v) is 13.6. The summed E-state index contributed by atoms with van der Waals surface area (Å²) < 4.78 is 1.25. The first kappa shape index (κ1) is 15.4. The summed E-state index contributed by atoms with van der Waals surface area (Å²) in [5.41, 5.74) is 2.36. The van der Waals surface area contributed by atoms with Gasteiger partial charge >= 0.3 is 0 Å². The Morgan fingerprint density at radius 2 is 2.17 bits per heavy atom. The summed E-state index contributed by atoms with van der Waals surface area (Å²) in [6, 6.07) is 9.41. The number of thioether (sulfide) groups is 1. The molecule has 0 aliphatic rings. The van der Waals surface area contributed by atoms with Gasteiger partial charge in [0.05, 0.1) is 6.20 Å². The zero-order chi connectivity index (χ0) is 16.4. The van der Waals surface area contributed by atoms with Crippen molar-refractivity contribution in [3.8, 4) is 5.88 Å². The van der Waals surface area contributed by atoms with Gasteiger partial charge in [0.15, 0.2) is 5.65 Å². The minimum absolute atomic E-state index is 0.0423. The van der Waals surface area contributed by atoms with E-state index in [2.05, 4.69) is 15.4 Å². The largest absolute Gasteiger partial charge is 0.493 e. The van der Waals surface area contributed by atoms with E-state index in [1.165, 1.54) is 16.8 Å². The zero-order valence-electron chi connectivity index (χ0n) is 12.8. The molecule has 2 heterocycles. The van der Waals surface area contributed by atoms with Crippen molar-refractivity contribution in [2.75, 3.05) is 6.26 Å². The molecule has 0 fully saturated rings. The van der Waals surface area contributed by atoms with Crippen molar-refractivity contribution in [1.29, 1.82) is 0 Å². The van der Waals surface area contributed by atoms with Crippen LogP contribution in [0.25, 0.3) is 5.65 Å². The van der Waals surface area contributed by atoms with Crippen molar-refractivity contribution in [3.63, 3.8) is 0 Å². The Labute approximate surface area is 137 Å². The van der Waals surface area contributed by atoms with Crippen molar-refractivity contribution in [2.24, 2.45) is 0 Å². The van der Waals surface area contributed by atoms with Crippen LogP contribution in [0, 0.1) is 6.92 Å². The fraction of sp³-hybridized carbons (Fsp3) is 0.188. The van der Waals surface area contributed by atoms with Gasteiger partial charge in [-0.2, -0.15) is 9.61 Å². The van der Waals surface area contributed by atoms with Crippen LogP contribution < -0.4 is 5.32 Å². The van der Waals surface area contributed by atoms with E-state index in [0.29, 0.717) is 23.4 Å². The van der Waals surface area contributed by atoms with E-state index in [4.69, 9.17) is 0 Å². The van der Waals surface area contributed by atoms with Crippen LogP contribution in [0.3, 0.4) is 0 Å². The van der Waals surface area contributed by atoms with Gasteiger partial charge < -0.3 is 10.4 Å². The lowest BCUT2D eigenvalue weighted by molar-refractivity contribution is 0.0952. The molecule has 0 saturated carbocycles. The lowest BCUT2D eigenvalue weighted by Gasteiger charge is -2.08. The predicted molar refractivity (Wildman–Crippen MR) is 88.8 cm³/mol. The number of amides is 1. The SMILES string of the molecule is CSc1ccccc1CNC(=O)c1cnn2c(O)cc(C)nc12. The molecule has 0 aliphatic heterocycles. The third-order valence-corrected chi connectivity index (χ3v) is 4.30. The summed E-state index contributed by atoms with van der Waals surface area (Å²) in [4.78, 5) is 17.8. The number of carbonyl (C=O) groups is 1. The Kier molecular flexibility index (Phi) is 4.20. The summed E-state index contributed by atoms with van der Waals surface area (Å²) in [6.07, 6.45) is 3.42. The summed E-state index contributed by atoms with van der Waals surface area (Å²) in [5.74, 6) is -0.312. The quantitative estimate of drug-likeness (QED) is 0.719. The number of aryl methyl sites for hydroxylation is 1. The van der Waals surface area contributed by atoms with Crippen LogP contribution in [-0.2, 0) is 6.54 Å². The highest BCUT2D eigenvalue weighted by atomic mass is 32.2. The molecular weight excluding hydrogens is 312 g/mol. The lowest BCUT2D eigenvalue weighted by atomic mass is 10.2. The number of hydrogen-bond acceptors (Lipinski definition) is 5. The third-order valence-electron chi connectivity index (χ3n) is 3.46. The molecule has 1 aromatic carbocycles. The van der Waals surface area contributed by atoms with E-state index in [1.807, 2.05) is 30.5 Å². The molecule has 0 saturated heterocycles. The second-order valence-electron chi connectivity index (χ2n) is 5.04. The molecule has 23 heavy (non-hydrogen) atoms. The average molecular weight is 328 g/mol. The highest BCUT2D eigenvalue weighted by molar-refractivity contribution is 7.98. The van der Waals surface area contributed by atoms with Crippen LogP contribution in [0.4, 0.5) is 0 Å². The molecule has 1 amide bonds. The van der Waals surface area contributed by atoms with E-state index in [1.54, 1.807) is 18.7 Å². The van der Waals surface area contributed by atoms with Crippen molar-refractivity contribution in [2.45, 2.75) is 18.4 Å². The molecule has 0 atom stereocenters. The van der Waals surface area contributed by atoms with Crippen LogP contribution in [-0.4, -0.2) is 31.9 Å². The minimum atomic E-state index is -0.270. The minimum Gasteiger partial charge on any atom is -0.493 e. The van der Waals surface area contributed by atoms with E-state index in [9.17, 15) is 9.90 Å². The van der Waals surface area contributed by atoms with Crippen LogP contribution in [0.15, 0.2) is 41.4 Å². The Morgan fingerprint density at radius 1 is 1.39 bits per heavy atom. The van der Waals surface area contributed by atoms with Gasteiger partial charge in [-0.05, 0) is 24.8 Å². The number of carbonyl (C=O) groups excluding carboxylic acids is 1. The van der Waals surface area contributed by atoms with E-state index in [0.717, 1.165) is 10.5 Å². The van der Waals surface area contributed by atoms with Gasteiger partial charge in [-0.1, -0.05) is 18.2 Å². The molecule has 7 heteroatoms. The maximum Gasteiger partial charge on any atom is 0.257 e. The fourth-order valence-electron chi connectivity index (χ4n) is 2.34. The highest BCUT2D eigenvalue weighted by Crippen LogP contribution is 2.20. The Hall–Kier alpha value is -2.54. The molecule has 0 spiro atoms. The summed E-state index contributed by atoms with van der Waals surface area (Å²) in [5, 5.41) is 16.7. The number of aromatic hydroxyl groups is 1. The Balaban J connectivity index is 1.84. The predicted octanol–water partition coefficient (Wildman–Crippen LogP) is 2.40. The summed E-state index contributed by atoms with van der Waals surface area (Å²) >= 11 is 1.64. The number of benzene rings is 1. The Morgan fingerprint density at radius 3 is 2.96 bits per heavy atom. The van der Waals surface area contributed by atoms with Crippen molar-refractivity contribution in [3.05, 3.63) is 53.3 Å². The molecule has 2 N–H and O–H groups in total. The van der Waals surface area contributed by atoms with Crippen LogP contribution in [0.1, 0.15) is 21.6 Å². The maximum atomic E-state index is 12.4. The number of nitrogens with one attached hydrogen (secondary N) is 1. The molecule has 0 unspecified atom stereocenters. The summed E-state index contributed by atoms with van der Waals surface area (Å²) in [6.45, 7) is 2.17. The van der Waals surface area contributed by atoms with Gasteiger partial charge in [-0.15, -0.1) is 11.8 Å². The standard InChI is InChI=1S/C16H16N4O2S/c1-10-7-14(21)20-15(19-10)12(9-18-20)16(22)17-8-11-5-3-4-6-13(11)23-2/h3-7,9,21H,8H2,1-2H3,(H,17,22). The first-order chi connectivity index (χ1) is 11.1. The first-order valence-corrected chi connectivity index (χ1v) is 8.27. The van der Waals surface area contributed by atoms with Gasteiger partial charge in [0.25, 0.3) is 5.91 Å². The molecule has 118 valence electrons. The molecule has 3 aromatic rings.